The van der Waals surface area contributed by atoms with Crippen molar-refractivity contribution in [2.75, 3.05) is 25.5 Å². The Morgan fingerprint density at radius 3 is 2.89 bits per heavy atom. The molecule has 6 nitrogen and oxygen atoms in total. The largest absolute Gasteiger partial charge is 0.486 e. The van der Waals surface area contributed by atoms with Gasteiger partial charge in [-0.15, -0.1) is 0 Å². The first kappa shape index (κ1) is 17.4. The molecule has 5 rings (SSSR count). The van der Waals surface area contributed by atoms with Crippen molar-refractivity contribution in [3.63, 3.8) is 0 Å². The summed E-state index contributed by atoms with van der Waals surface area (Å²) >= 11 is 1.35. The zero-order valence-electron chi connectivity index (χ0n) is 15.3. The number of rotatable bonds is 4. The zero-order chi connectivity index (χ0) is 18.9. The first-order valence-corrected chi connectivity index (χ1v) is 10.4. The molecule has 0 N–H and O–H groups in total. The maximum absolute atomic E-state index is 12.9. The Balaban J connectivity index is 1.28. The van der Waals surface area contributed by atoms with Crippen LogP contribution in [0.25, 0.3) is 11.1 Å². The molecule has 1 fully saturated rings. The lowest BCUT2D eigenvalue weighted by atomic mass is 10.0. The summed E-state index contributed by atoms with van der Waals surface area (Å²) in [5.74, 6) is 1.96. The standard InChI is InChI=1S/C21H20N2O4S/c24-20(13-28-21-22-15-4-1-2-6-17(15)27-21)23-9-3-5-16(23)14-7-8-18-19(12-14)26-11-10-25-18/h1-2,4,6-8,12,16H,3,5,9-11,13H2/t16-/m1/s1. The van der Waals surface area contributed by atoms with Crippen LogP contribution < -0.4 is 9.47 Å². The van der Waals surface area contributed by atoms with Gasteiger partial charge < -0.3 is 18.8 Å². The molecule has 1 atom stereocenters. The molecule has 2 aliphatic rings. The predicted molar refractivity (Wildman–Crippen MR) is 106 cm³/mol. The van der Waals surface area contributed by atoms with Gasteiger partial charge in [0, 0.05) is 6.54 Å². The highest BCUT2D eigenvalue weighted by molar-refractivity contribution is 7.99. The monoisotopic (exact) mass is 396 g/mol. The highest BCUT2D eigenvalue weighted by Crippen LogP contribution is 2.38. The number of hydrogen-bond acceptors (Lipinski definition) is 6. The van der Waals surface area contributed by atoms with E-state index in [-0.39, 0.29) is 11.9 Å². The molecule has 2 aliphatic heterocycles. The molecular weight excluding hydrogens is 376 g/mol. The number of hydrogen-bond donors (Lipinski definition) is 0. The molecule has 0 unspecified atom stereocenters. The second kappa shape index (κ2) is 7.39. The highest BCUT2D eigenvalue weighted by Gasteiger charge is 2.31. The Morgan fingerprint density at radius 2 is 2.00 bits per heavy atom. The number of fused-ring (bicyclic) bond motifs is 2. The summed E-state index contributed by atoms with van der Waals surface area (Å²) in [4.78, 5) is 19.3. The normalized spacial score (nSPS) is 18.6. The van der Waals surface area contributed by atoms with Crippen molar-refractivity contribution in [3.8, 4) is 11.5 Å². The number of carbonyl (C=O) groups is 1. The zero-order valence-corrected chi connectivity index (χ0v) is 16.1. The van der Waals surface area contributed by atoms with Crippen LogP contribution in [-0.4, -0.2) is 41.3 Å². The lowest BCUT2D eigenvalue weighted by Crippen LogP contribution is -2.32. The smallest absolute Gasteiger partial charge is 0.257 e. The summed E-state index contributed by atoms with van der Waals surface area (Å²) in [7, 11) is 0. The van der Waals surface area contributed by atoms with Crippen molar-refractivity contribution in [1.82, 2.24) is 9.88 Å². The number of amides is 1. The fraction of sp³-hybridized carbons (Fsp3) is 0.333. The third-order valence-corrected chi connectivity index (χ3v) is 5.93. The van der Waals surface area contributed by atoms with Gasteiger partial charge in [0.05, 0.1) is 11.8 Å². The summed E-state index contributed by atoms with van der Waals surface area (Å²) in [6, 6.07) is 13.7. The molecule has 3 heterocycles. The van der Waals surface area contributed by atoms with Crippen LogP contribution >= 0.6 is 11.8 Å². The van der Waals surface area contributed by atoms with Crippen LogP contribution in [0.5, 0.6) is 11.5 Å². The molecule has 1 amide bonds. The number of thioether (sulfide) groups is 1. The summed E-state index contributed by atoms with van der Waals surface area (Å²) < 4.78 is 17.0. The second-order valence-electron chi connectivity index (χ2n) is 6.88. The number of ether oxygens (including phenoxy) is 2. The van der Waals surface area contributed by atoms with Crippen LogP contribution in [0.15, 0.2) is 52.1 Å². The molecular formula is C21H20N2O4S. The van der Waals surface area contributed by atoms with Gasteiger partial charge in [0.25, 0.3) is 5.22 Å². The van der Waals surface area contributed by atoms with Gasteiger partial charge in [-0.05, 0) is 42.7 Å². The van der Waals surface area contributed by atoms with Crippen molar-refractivity contribution in [3.05, 3.63) is 48.0 Å². The van der Waals surface area contributed by atoms with Crippen LogP contribution in [0.2, 0.25) is 0 Å². The summed E-state index contributed by atoms with van der Waals surface area (Å²) in [6.07, 6.45) is 1.96. The van der Waals surface area contributed by atoms with Gasteiger partial charge in [-0.3, -0.25) is 4.79 Å². The van der Waals surface area contributed by atoms with E-state index in [4.69, 9.17) is 13.9 Å². The van der Waals surface area contributed by atoms with Crippen LogP contribution in [0, 0.1) is 0 Å². The molecule has 28 heavy (non-hydrogen) atoms. The van der Waals surface area contributed by atoms with Crippen LogP contribution in [0.4, 0.5) is 0 Å². The number of para-hydroxylation sites is 2. The first-order chi connectivity index (χ1) is 13.8. The third-order valence-electron chi connectivity index (χ3n) is 5.12. The molecule has 3 aromatic rings. The van der Waals surface area contributed by atoms with Gasteiger partial charge in [-0.2, -0.15) is 0 Å². The maximum Gasteiger partial charge on any atom is 0.257 e. The molecule has 0 aliphatic carbocycles. The number of carbonyl (C=O) groups excluding carboxylic acids is 1. The predicted octanol–water partition coefficient (Wildman–Crippen LogP) is 4.05. The van der Waals surface area contributed by atoms with E-state index in [1.54, 1.807) is 0 Å². The lowest BCUT2D eigenvalue weighted by Gasteiger charge is -2.26. The molecule has 2 aromatic carbocycles. The molecule has 144 valence electrons. The van der Waals surface area contributed by atoms with Gasteiger partial charge in [0.2, 0.25) is 5.91 Å². The molecule has 7 heteroatoms. The Morgan fingerprint density at radius 1 is 1.14 bits per heavy atom. The van der Waals surface area contributed by atoms with Gasteiger partial charge in [-0.1, -0.05) is 30.0 Å². The Bertz CT molecular complexity index is 986. The molecule has 0 spiro atoms. The van der Waals surface area contributed by atoms with Gasteiger partial charge in [0.1, 0.15) is 18.7 Å². The molecule has 0 saturated carbocycles. The van der Waals surface area contributed by atoms with Crippen molar-refractivity contribution in [2.45, 2.75) is 24.1 Å². The summed E-state index contributed by atoms with van der Waals surface area (Å²) in [6.45, 7) is 1.91. The Labute approximate surface area is 166 Å². The quantitative estimate of drug-likeness (QED) is 0.620. The maximum atomic E-state index is 12.9. The van der Waals surface area contributed by atoms with E-state index in [0.717, 1.165) is 47.5 Å². The van der Waals surface area contributed by atoms with Gasteiger partial charge >= 0.3 is 0 Å². The van der Waals surface area contributed by atoms with Crippen molar-refractivity contribution in [2.24, 2.45) is 0 Å². The van der Waals surface area contributed by atoms with E-state index in [9.17, 15) is 4.79 Å². The number of benzene rings is 2. The topological polar surface area (TPSA) is 64.8 Å². The van der Waals surface area contributed by atoms with Crippen molar-refractivity contribution >= 4 is 28.8 Å². The number of nitrogens with zero attached hydrogens (tertiary/aromatic N) is 2. The fourth-order valence-corrected chi connectivity index (χ4v) is 4.52. The van der Waals surface area contributed by atoms with Gasteiger partial charge in [-0.25, -0.2) is 4.98 Å². The van der Waals surface area contributed by atoms with E-state index in [1.165, 1.54) is 11.8 Å². The molecule has 0 bridgehead atoms. The highest BCUT2D eigenvalue weighted by atomic mass is 32.2. The number of aromatic nitrogens is 1. The van der Waals surface area contributed by atoms with Crippen molar-refractivity contribution < 1.29 is 18.7 Å². The van der Waals surface area contributed by atoms with E-state index < -0.39 is 0 Å². The molecule has 1 saturated heterocycles. The first-order valence-electron chi connectivity index (χ1n) is 9.45. The van der Waals surface area contributed by atoms with Crippen LogP contribution in [-0.2, 0) is 4.79 Å². The Hall–Kier alpha value is -2.67. The minimum atomic E-state index is 0.0764. The molecule has 1 aromatic heterocycles. The number of oxazole rings is 1. The second-order valence-corrected chi connectivity index (χ2v) is 7.81. The minimum absolute atomic E-state index is 0.0764. The third kappa shape index (κ3) is 3.30. The number of likely N-dealkylation sites (tertiary alicyclic amines) is 1. The van der Waals surface area contributed by atoms with Crippen molar-refractivity contribution in [1.29, 1.82) is 0 Å². The van der Waals surface area contributed by atoms with E-state index >= 15 is 0 Å². The van der Waals surface area contributed by atoms with Crippen LogP contribution in [0.3, 0.4) is 0 Å². The average Bonchev–Trinajstić information content (AvgIpc) is 3.38. The van der Waals surface area contributed by atoms with E-state index in [0.29, 0.717) is 24.2 Å². The Kier molecular flexibility index (Phi) is 4.60. The lowest BCUT2D eigenvalue weighted by molar-refractivity contribution is -0.129. The van der Waals surface area contributed by atoms with Crippen LogP contribution in [0.1, 0.15) is 24.4 Å². The minimum Gasteiger partial charge on any atom is -0.486 e. The molecule has 0 radical (unpaired) electrons. The van der Waals surface area contributed by atoms with Gasteiger partial charge in [0.15, 0.2) is 17.1 Å². The SMILES string of the molecule is O=C(CSc1nc2ccccc2o1)N1CCC[C@@H]1c1ccc2c(c1)OCCO2. The van der Waals surface area contributed by atoms with E-state index in [2.05, 4.69) is 4.98 Å². The fourth-order valence-electron chi connectivity index (χ4n) is 3.80. The summed E-state index contributed by atoms with van der Waals surface area (Å²) in [5.41, 5.74) is 2.66. The average molecular weight is 396 g/mol. The summed E-state index contributed by atoms with van der Waals surface area (Å²) in [5, 5.41) is 0.532. The van der Waals surface area contributed by atoms with E-state index in [1.807, 2.05) is 47.4 Å².